The van der Waals surface area contributed by atoms with Crippen LogP contribution >= 0.6 is 23.5 Å². The molecule has 0 fully saturated rings. The molecular weight excluding hydrogens is 291 g/mol. The summed E-state index contributed by atoms with van der Waals surface area (Å²) in [6.07, 6.45) is 0. The van der Waals surface area contributed by atoms with Crippen LogP contribution < -0.4 is 70.2 Å². The number of hydrogen-bond donors (Lipinski definition) is 3. The molecule has 8 heteroatoms. The third-order valence-electron chi connectivity index (χ3n) is 1.31. The molecule has 14 heavy (non-hydrogen) atoms. The first-order valence-corrected chi connectivity index (χ1v) is 5.43. The van der Waals surface area contributed by atoms with Crippen LogP contribution in [0.3, 0.4) is 0 Å². The van der Waals surface area contributed by atoms with E-state index in [1.807, 2.05) is 0 Å². The van der Waals surface area contributed by atoms with E-state index in [1.54, 1.807) is 6.07 Å². The van der Waals surface area contributed by atoms with Crippen molar-refractivity contribution in [2.75, 3.05) is 5.73 Å². The van der Waals surface area contributed by atoms with Gasteiger partial charge in [0.1, 0.15) is 0 Å². The molecule has 1 rings (SSSR count). The summed E-state index contributed by atoms with van der Waals surface area (Å²) in [6, 6.07) is 4.38. The van der Waals surface area contributed by atoms with Gasteiger partial charge >= 0.3 is 66.7 Å². The molecule has 0 atom stereocenters. The van der Waals surface area contributed by atoms with Crippen LogP contribution in [0, 0.1) is 0 Å². The SMILES string of the molecule is Nc1ccc(Br)cc1P(=O)(O)O.[H-].[H-].[Na+].[Na+]. The summed E-state index contributed by atoms with van der Waals surface area (Å²) in [5.41, 5.74) is 5.47. The van der Waals surface area contributed by atoms with Crippen LogP contribution in [0.5, 0.6) is 0 Å². The van der Waals surface area contributed by atoms with Crippen LogP contribution in [0.4, 0.5) is 5.69 Å². The molecule has 0 aliphatic rings. The summed E-state index contributed by atoms with van der Waals surface area (Å²) >= 11 is 3.09. The first kappa shape index (κ1) is 18.0. The van der Waals surface area contributed by atoms with Gasteiger partial charge in [0, 0.05) is 10.2 Å². The van der Waals surface area contributed by atoms with E-state index in [2.05, 4.69) is 15.9 Å². The number of halogens is 1. The Morgan fingerprint density at radius 1 is 1.36 bits per heavy atom. The molecule has 4 N–H and O–H groups in total. The molecule has 0 heterocycles. The number of hydrogen-bond acceptors (Lipinski definition) is 2. The standard InChI is InChI=1S/C6H7BrNO3P.2Na.2H/c7-4-1-2-5(8)6(3-4)12(9,10)11;;;;/h1-3H,8H2,(H2,9,10,11);;;;/q;2*+1;2*-1. The number of rotatable bonds is 1. The molecule has 1 aromatic carbocycles. The summed E-state index contributed by atoms with van der Waals surface area (Å²) < 4.78 is 11.4. The second kappa shape index (κ2) is 7.07. The van der Waals surface area contributed by atoms with Crippen LogP contribution in [0.2, 0.25) is 0 Å². The van der Waals surface area contributed by atoms with Crippen molar-refractivity contribution >= 4 is 34.5 Å². The van der Waals surface area contributed by atoms with Gasteiger partial charge in [0.25, 0.3) is 0 Å². The van der Waals surface area contributed by atoms with E-state index in [1.165, 1.54) is 12.1 Å². The van der Waals surface area contributed by atoms with Gasteiger partial charge in [-0.25, -0.2) is 0 Å². The molecular formula is C6H9BrNNa2O3P. The third kappa shape index (κ3) is 5.12. The predicted molar refractivity (Wildman–Crippen MR) is 52.5 cm³/mol. The Labute approximate surface area is 137 Å². The van der Waals surface area contributed by atoms with E-state index in [0.717, 1.165) is 0 Å². The fourth-order valence-corrected chi connectivity index (χ4v) is 2.03. The van der Waals surface area contributed by atoms with Gasteiger partial charge in [-0.15, -0.1) is 0 Å². The molecule has 0 aliphatic carbocycles. The Kier molecular flexibility index (Phi) is 9.10. The van der Waals surface area contributed by atoms with Crippen LogP contribution in [0.1, 0.15) is 2.85 Å². The first-order valence-electron chi connectivity index (χ1n) is 3.02. The Morgan fingerprint density at radius 2 is 1.86 bits per heavy atom. The zero-order chi connectivity index (χ0) is 9.35. The first-order chi connectivity index (χ1) is 5.41. The molecule has 0 aliphatic heterocycles. The van der Waals surface area contributed by atoms with Crippen LogP contribution in [-0.4, -0.2) is 9.79 Å². The predicted octanol–water partition coefficient (Wildman–Crippen LogP) is -4.93. The van der Waals surface area contributed by atoms with Crippen LogP contribution in [0.15, 0.2) is 22.7 Å². The van der Waals surface area contributed by atoms with Crippen molar-refractivity contribution in [2.24, 2.45) is 0 Å². The molecule has 0 bridgehead atoms. The summed E-state index contributed by atoms with van der Waals surface area (Å²) in [5.74, 6) is 0. The van der Waals surface area contributed by atoms with E-state index >= 15 is 0 Å². The van der Waals surface area contributed by atoms with Crippen LogP contribution in [-0.2, 0) is 4.57 Å². The van der Waals surface area contributed by atoms with Gasteiger partial charge in [-0.2, -0.15) is 0 Å². The van der Waals surface area contributed by atoms with Gasteiger partial charge < -0.3 is 18.4 Å². The van der Waals surface area contributed by atoms with Crippen molar-refractivity contribution in [1.29, 1.82) is 0 Å². The summed E-state index contributed by atoms with van der Waals surface area (Å²) in [5, 5.41) is -0.142. The molecule has 70 valence electrons. The van der Waals surface area contributed by atoms with Gasteiger partial charge in [-0.05, 0) is 18.2 Å². The zero-order valence-electron chi connectivity index (χ0n) is 9.94. The monoisotopic (exact) mass is 299 g/mol. The van der Waals surface area contributed by atoms with E-state index in [9.17, 15) is 4.57 Å². The van der Waals surface area contributed by atoms with E-state index in [0.29, 0.717) is 4.47 Å². The topological polar surface area (TPSA) is 83.6 Å². The van der Waals surface area contributed by atoms with Crippen molar-refractivity contribution in [3.05, 3.63) is 22.7 Å². The number of nitrogens with two attached hydrogens (primary N) is 1. The Bertz CT molecular complexity index is 366. The van der Waals surface area contributed by atoms with Crippen molar-refractivity contribution in [1.82, 2.24) is 0 Å². The Balaban J connectivity index is -0.000000180. The second-order valence-corrected chi connectivity index (χ2v) is 4.73. The molecule has 0 radical (unpaired) electrons. The van der Waals surface area contributed by atoms with Crippen molar-refractivity contribution in [3.63, 3.8) is 0 Å². The Morgan fingerprint density at radius 3 is 2.21 bits per heavy atom. The maximum atomic E-state index is 10.8. The molecule has 1 aromatic rings. The van der Waals surface area contributed by atoms with Gasteiger partial charge in [-0.3, -0.25) is 4.57 Å². The average molecular weight is 300 g/mol. The molecule has 0 spiro atoms. The number of nitrogen functional groups attached to an aromatic ring is 1. The molecule has 0 saturated heterocycles. The quantitative estimate of drug-likeness (QED) is 0.276. The van der Waals surface area contributed by atoms with E-state index in [4.69, 9.17) is 15.5 Å². The smallest absolute Gasteiger partial charge is 1.00 e. The van der Waals surface area contributed by atoms with Gasteiger partial charge in [0.15, 0.2) is 0 Å². The molecule has 4 nitrogen and oxygen atoms in total. The normalized spacial score (nSPS) is 9.93. The van der Waals surface area contributed by atoms with Crippen LogP contribution in [0.25, 0.3) is 0 Å². The average Bonchev–Trinajstić information content (AvgIpc) is 1.92. The zero-order valence-corrected chi connectivity index (χ0v) is 14.4. The summed E-state index contributed by atoms with van der Waals surface area (Å²) in [4.78, 5) is 17.6. The van der Waals surface area contributed by atoms with Gasteiger partial charge in [0.2, 0.25) is 0 Å². The minimum atomic E-state index is -4.24. The number of benzene rings is 1. The minimum absolute atomic E-state index is 0. The second-order valence-electron chi connectivity index (χ2n) is 2.25. The van der Waals surface area contributed by atoms with E-state index in [-0.39, 0.29) is 73.0 Å². The van der Waals surface area contributed by atoms with Crippen molar-refractivity contribution in [2.45, 2.75) is 0 Å². The fourth-order valence-electron chi connectivity index (χ4n) is 0.769. The molecule has 0 amide bonds. The molecule has 0 aromatic heterocycles. The van der Waals surface area contributed by atoms with Gasteiger partial charge in [0.05, 0.1) is 5.30 Å². The molecule has 0 saturated carbocycles. The Hall–Kier alpha value is 1.65. The van der Waals surface area contributed by atoms with Gasteiger partial charge in [-0.1, -0.05) is 15.9 Å². The number of anilines is 1. The minimum Gasteiger partial charge on any atom is -1.00 e. The maximum absolute atomic E-state index is 10.8. The van der Waals surface area contributed by atoms with E-state index < -0.39 is 7.60 Å². The largest absolute Gasteiger partial charge is 1.00 e. The van der Waals surface area contributed by atoms with Crippen molar-refractivity contribution in [3.8, 4) is 0 Å². The third-order valence-corrected chi connectivity index (χ3v) is 2.81. The summed E-state index contributed by atoms with van der Waals surface area (Å²) in [7, 11) is -4.24. The summed E-state index contributed by atoms with van der Waals surface area (Å²) in [6.45, 7) is 0. The maximum Gasteiger partial charge on any atom is 1.00 e. The molecule has 0 unspecified atom stereocenters. The fraction of sp³-hybridized carbons (Fsp3) is 0. The van der Waals surface area contributed by atoms with Crippen molar-refractivity contribution < 1.29 is 76.3 Å².